The van der Waals surface area contributed by atoms with Crippen molar-refractivity contribution in [2.24, 2.45) is 5.92 Å². The number of thiophene rings is 1. The number of anilines is 2. The first-order valence-electron chi connectivity index (χ1n) is 6.95. The van der Waals surface area contributed by atoms with E-state index in [2.05, 4.69) is 24.1 Å². The van der Waals surface area contributed by atoms with Crippen LogP contribution in [0.25, 0.3) is 10.2 Å². The molecule has 0 bridgehead atoms. The van der Waals surface area contributed by atoms with Crippen molar-refractivity contribution < 1.29 is 0 Å². The molecule has 0 fully saturated rings. The molecule has 1 aromatic carbocycles. The third-order valence-corrected chi connectivity index (χ3v) is 4.04. The van der Waals surface area contributed by atoms with E-state index in [0.717, 1.165) is 11.2 Å². The molecule has 0 aliphatic rings. The second kappa shape index (κ2) is 5.69. The zero-order valence-corrected chi connectivity index (χ0v) is 12.9. The van der Waals surface area contributed by atoms with Crippen LogP contribution in [0.2, 0.25) is 0 Å². The van der Waals surface area contributed by atoms with Crippen LogP contribution in [-0.2, 0) is 6.54 Å². The molecule has 0 radical (unpaired) electrons. The topological polar surface area (TPSA) is 46.9 Å². The molecule has 4 nitrogen and oxygen atoms in total. The average Bonchev–Trinajstić information content (AvgIpc) is 2.92. The van der Waals surface area contributed by atoms with Gasteiger partial charge in [-0.2, -0.15) is 0 Å². The van der Waals surface area contributed by atoms with Gasteiger partial charge in [-0.15, -0.1) is 11.3 Å². The van der Waals surface area contributed by atoms with Crippen LogP contribution in [0.15, 0.2) is 46.6 Å². The summed E-state index contributed by atoms with van der Waals surface area (Å²) in [7, 11) is 0. The first-order valence-corrected chi connectivity index (χ1v) is 7.83. The van der Waals surface area contributed by atoms with Crippen molar-refractivity contribution in [1.82, 2.24) is 9.55 Å². The van der Waals surface area contributed by atoms with Gasteiger partial charge in [-0.05, 0) is 29.5 Å². The molecule has 0 spiro atoms. The van der Waals surface area contributed by atoms with Crippen molar-refractivity contribution in [2.75, 3.05) is 5.32 Å². The van der Waals surface area contributed by atoms with Crippen LogP contribution in [0, 0.1) is 5.92 Å². The monoisotopic (exact) mass is 299 g/mol. The number of hydrogen-bond donors (Lipinski definition) is 1. The smallest absolute Gasteiger partial charge is 0.272 e. The lowest BCUT2D eigenvalue weighted by Gasteiger charge is -2.15. The van der Waals surface area contributed by atoms with Gasteiger partial charge in [0.2, 0.25) is 5.95 Å². The summed E-state index contributed by atoms with van der Waals surface area (Å²) < 4.78 is 2.45. The lowest BCUT2D eigenvalue weighted by atomic mass is 10.2. The van der Waals surface area contributed by atoms with Crippen LogP contribution in [0.1, 0.15) is 13.8 Å². The van der Waals surface area contributed by atoms with E-state index in [1.807, 2.05) is 41.8 Å². The molecule has 2 aromatic heterocycles. The van der Waals surface area contributed by atoms with Crippen LogP contribution in [0.5, 0.6) is 0 Å². The Bertz CT molecular complexity index is 805. The summed E-state index contributed by atoms with van der Waals surface area (Å²) in [4.78, 5) is 17.2. The van der Waals surface area contributed by atoms with Crippen LogP contribution in [0.3, 0.4) is 0 Å². The number of nitrogens with one attached hydrogen (secondary N) is 1. The van der Waals surface area contributed by atoms with E-state index in [0.29, 0.717) is 23.1 Å². The van der Waals surface area contributed by atoms with Gasteiger partial charge in [0.25, 0.3) is 5.56 Å². The summed E-state index contributed by atoms with van der Waals surface area (Å²) in [6, 6.07) is 11.7. The summed E-state index contributed by atoms with van der Waals surface area (Å²) in [5.41, 5.74) is 1.71. The number of para-hydroxylation sites is 1. The van der Waals surface area contributed by atoms with Gasteiger partial charge in [-0.3, -0.25) is 9.36 Å². The largest absolute Gasteiger partial charge is 0.326 e. The summed E-state index contributed by atoms with van der Waals surface area (Å²) in [5, 5.41) is 5.16. The first kappa shape index (κ1) is 13.8. The highest BCUT2D eigenvalue weighted by molar-refractivity contribution is 7.17. The molecule has 5 heteroatoms. The average molecular weight is 299 g/mol. The minimum Gasteiger partial charge on any atom is -0.326 e. The van der Waals surface area contributed by atoms with Gasteiger partial charge >= 0.3 is 0 Å². The highest BCUT2D eigenvalue weighted by Gasteiger charge is 2.13. The van der Waals surface area contributed by atoms with Gasteiger partial charge in [0.1, 0.15) is 4.70 Å². The minimum atomic E-state index is 0.0298. The fourth-order valence-electron chi connectivity index (χ4n) is 2.22. The molecule has 0 saturated heterocycles. The molecule has 3 rings (SSSR count). The summed E-state index contributed by atoms with van der Waals surface area (Å²) >= 11 is 1.45. The molecule has 2 heterocycles. The molecule has 0 saturated carbocycles. The van der Waals surface area contributed by atoms with E-state index in [9.17, 15) is 4.79 Å². The number of aromatic nitrogens is 2. The molecule has 21 heavy (non-hydrogen) atoms. The molecule has 108 valence electrons. The minimum absolute atomic E-state index is 0.0298. The Morgan fingerprint density at radius 1 is 1.24 bits per heavy atom. The van der Waals surface area contributed by atoms with Crippen molar-refractivity contribution in [1.29, 1.82) is 0 Å². The molecule has 0 aliphatic heterocycles. The quantitative estimate of drug-likeness (QED) is 0.796. The van der Waals surface area contributed by atoms with Crippen molar-refractivity contribution >= 4 is 33.2 Å². The van der Waals surface area contributed by atoms with Crippen LogP contribution in [0.4, 0.5) is 11.6 Å². The Hall–Kier alpha value is -2.14. The van der Waals surface area contributed by atoms with Gasteiger partial charge in [-0.1, -0.05) is 32.0 Å². The van der Waals surface area contributed by atoms with E-state index in [1.165, 1.54) is 11.3 Å². The van der Waals surface area contributed by atoms with E-state index in [4.69, 9.17) is 0 Å². The van der Waals surface area contributed by atoms with Gasteiger partial charge < -0.3 is 5.32 Å². The second-order valence-corrected chi connectivity index (χ2v) is 6.29. The van der Waals surface area contributed by atoms with Crippen LogP contribution in [-0.4, -0.2) is 9.55 Å². The van der Waals surface area contributed by atoms with E-state index in [1.54, 1.807) is 4.57 Å². The van der Waals surface area contributed by atoms with Crippen molar-refractivity contribution in [3.8, 4) is 0 Å². The van der Waals surface area contributed by atoms with Crippen LogP contribution < -0.4 is 10.9 Å². The highest BCUT2D eigenvalue weighted by atomic mass is 32.1. The zero-order chi connectivity index (χ0) is 14.8. The number of fused-ring (bicyclic) bond motifs is 1. The molecule has 1 N–H and O–H groups in total. The number of nitrogens with zero attached hydrogens (tertiary/aromatic N) is 2. The summed E-state index contributed by atoms with van der Waals surface area (Å²) in [5.74, 6) is 0.976. The third kappa shape index (κ3) is 2.83. The maximum atomic E-state index is 12.6. The van der Waals surface area contributed by atoms with E-state index < -0.39 is 0 Å². The number of benzene rings is 1. The molecule has 0 aliphatic carbocycles. The van der Waals surface area contributed by atoms with Crippen molar-refractivity contribution in [3.63, 3.8) is 0 Å². The molecule has 3 aromatic rings. The van der Waals surface area contributed by atoms with Gasteiger partial charge in [0.05, 0.1) is 5.52 Å². The first-order chi connectivity index (χ1) is 10.1. The molecule has 0 amide bonds. The predicted octanol–water partition coefficient (Wildman–Crippen LogP) is 3.86. The lowest BCUT2D eigenvalue weighted by Crippen LogP contribution is -2.25. The van der Waals surface area contributed by atoms with E-state index in [-0.39, 0.29) is 5.56 Å². The molecular formula is C16H17N3OS. The summed E-state index contributed by atoms with van der Waals surface area (Å²) in [6.07, 6.45) is 0. The Morgan fingerprint density at radius 2 is 2.00 bits per heavy atom. The zero-order valence-electron chi connectivity index (χ0n) is 12.0. The molecule has 0 atom stereocenters. The fraction of sp³-hybridized carbons (Fsp3) is 0.250. The number of rotatable bonds is 4. The van der Waals surface area contributed by atoms with Gasteiger partial charge in [-0.25, -0.2) is 4.98 Å². The third-order valence-electron chi connectivity index (χ3n) is 3.14. The van der Waals surface area contributed by atoms with Gasteiger partial charge in [0, 0.05) is 12.2 Å². The van der Waals surface area contributed by atoms with Gasteiger partial charge in [0.15, 0.2) is 0 Å². The Kier molecular flexibility index (Phi) is 3.75. The fourth-order valence-corrected chi connectivity index (χ4v) is 3.00. The van der Waals surface area contributed by atoms with Crippen molar-refractivity contribution in [2.45, 2.75) is 20.4 Å². The Labute approximate surface area is 127 Å². The maximum Gasteiger partial charge on any atom is 0.272 e. The molecular weight excluding hydrogens is 282 g/mol. The number of hydrogen-bond acceptors (Lipinski definition) is 4. The highest BCUT2D eigenvalue weighted by Crippen LogP contribution is 2.20. The lowest BCUT2D eigenvalue weighted by molar-refractivity contribution is 0.514. The van der Waals surface area contributed by atoms with E-state index >= 15 is 0 Å². The van der Waals surface area contributed by atoms with Crippen molar-refractivity contribution in [3.05, 3.63) is 52.1 Å². The maximum absolute atomic E-state index is 12.6. The van der Waals surface area contributed by atoms with Crippen LogP contribution >= 0.6 is 11.3 Å². The predicted molar refractivity (Wildman–Crippen MR) is 88.4 cm³/mol. The Morgan fingerprint density at radius 3 is 2.71 bits per heavy atom. The second-order valence-electron chi connectivity index (χ2n) is 5.37. The molecule has 0 unspecified atom stereocenters. The summed E-state index contributed by atoms with van der Waals surface area (Å²) in [6.45, 7) is 4.84. The Balaban J connectivity index is 2.12. The standard InChI is InChI=1S/C16H17N3OS/c1-11(2)10-19-15(20)14-13(8-9-21-14)18-16(19)17-12-6-4-3-5-7-12/h3-9,11H,10H2,1-2H3,(H,17,18). The SMILES string of the molecule is CC(C)Cn1c(Nc2ccccc2)nc2ccsc2c1=O. The normalized spacial score (nSPS) is 11.2.